The number of hydrogen-bond acceptors (Lipinski definition) is 1. The van der Waals surface area contributed by atoms with Crippen LogP contribution in [-0.4, -0.2) is 25.5 Å². The molecule has 230 valence electrons. The first-order valence-electron chi connectivity index (χ1n) is 17.7. The second-order valence-electron chi connectivity index (χ2n) is 15.4. The van der Waals surface area contributed by atoms with E-state index >= 15 is 0 Å². The van der Waals surface area contributed by atoms with Gasteiger partial charge in [0.05, 0.1) is 19.6 Å². The summed E-state index contributed by atoms with van der Waals surface area (Å²) in [6.45, 7) is 13.3. The van der Waals surface area contributed by atoms with E-state index in [2.05, 4.69) is 39.1 Å². The number of unbranched alkanes of at least 4 members (excludes halogenated alkanes) is 3. The molecule has 0 aromatic heterocycles. The number of fused-ring (bicyclic) bond motifs is 5. The molecule has 0 bridgehead atoms. The summed E-state index contributed by atoms with van der Waals surface area (Å²) < 4.78 is 0. The summed E-state index contributed by atoms with van der Waals surface area (Å²) in [7, 11) is 0. The molecule has 4 saturated carbocycles. The average Bonchev–Trinajstić information content (AvgIpc) is 3.53. The number of hydrogen-bond donors (Lipinski definition) is 2. The number of amides is 1. The van der Waals surface area contributed by atoms with Crippen LogP contribution in [0.2, 0.25) is 0 Å². The average molecular weight is 667 g/mol. The van der Waals surface area contributed by atoms with Gasteiger partial charge < -0.3 is 34.2 Å². The predicted octanol–water partition coefficient (Wildman–Crippen LogP) is 4.71. The van der Waals surface area contributed by atoms with Gasteiger partial charge in [-0.05, 0) is 123 Å². The first-order valence-corrected chi connectivity index (χ1v) is 17.7. The molecule has 2 N–H and O–H groups in total. The number of carbonyl (C=O) groups excluding carboxylic acids is 1. The molecule has 9 atom stereocenters. The van der Waals surface area contributed by atoms with Gasteiger partial charge in [0, 0.05) is 19.3 Å². The maximum atomic E-state index is 12.8. The third-order valence-corrected chi connectivity index (χ3v) is 13.5. The maximum absolute atomic E-state index is 12.8. The third-order valence-electron chi connectivity index (χ3n) is 13.5. The van der Waals surface area contributed by atoms with Crippen molar-refractivity contribution in [3.63, 3.8) is 0 Å². The second kappa shape index (κ2) is 14.6. The van der Waals surface area contributed by atoms with E-state index < -0.39 is 0 Å². The van der Waals surface area contributed by atoms with Crippen molar-refractivity contribution in [2.75, 3.05) is 19.6 Å². The predicted molar refractivity (Wildman–Crippen MR) is 163 cm³/mol. The van der Waals surface area contributed by atoms with Crippen molar-refractivity contribution >= 4 is 5.91 Å². The number of likely N-dealkylation sites (tertiary alicyclic amines) is 1. The van der Waals surface area contributed by atoms with Crippen molar-refractivity contribution in [3.8, 4) is 0 Å². The highest BCUT2D eigenvalue weighted by atomic mass is 127. The molecule has 1 heterocycles. The Morgan fingerprint density at radius 3 is 2.65 bits per heavy atom. The molecule has 5 rings (SSSR count). The fourth-order valence-electron chi connectivity index (χ4n) is 11.3. The molecule has 4 heteroatoms. The number of quaternary nitrogens is 1. The van der Waals surface area contributed by atoms with Crippen molar-refractivity contribution in [1.82, 2.24) is 5.32 Å². The van der Waals surface area contributed by atoms with Gasteiger partial charge in [0.15, 0.2) is 0 Å². The van der Waals surface area contributed by atoms with E-state index in [0.29, 0.717) is 22.7 Å². The lowest BCUT2D eigenvalue weighted by atomic mass is 9.44. The van der Waals surface area contributed by atoms with Gasteiger partial charge in [-0.2, -0.15) is 0 Å². The van der Waals surface area contributed by atoms with Crippen molar-refractivity contribution in [1.29, 1.82) is 0 Å². The largest absolute Gasteiger partial charge is 1.00 e. The van der Waals surface area contributed by atoms with Crippen LogP contribution in [0.25, 0.3) is 0 Å². The van der Waals surface area contributed by atoms with Gasteiger partial charge in [-0.1, -0.05) is 53.4 Å². The van der Waals surface area contributed by atoms with Crippen LogP contribution >= 0.6 is 0 Å². The second-order valence-corrected chi connectivity index (χ2v) is 15.4. The third kappa shape index (κ3) is 6.83. The topological polar surface area (TPSA) is 33.5 Å². The van der Waals surface area contributed by atoms with Gasteiger partial charge >= 0.3 is 0 Å². The highest BCUT2D eigenvalue weighted by molar-refractivity contribution is 5.75. The molecule has 40 heavy (non-hydrogen) atoms. The number of nitrogens with one attached hydrogen (secondary N) is 2. The summed E-state index contributed by atoms with van der Waals surface area (Å²) in [6.07, 6.45) is 26.9. The van der Waals surface area contributed by atoms with Crippen LogP contribution in [0.5, 0.6) is 0 Å². The van der Waals surface area contributed by atoms with Gasteiger partial charge in [0.1, 0.15) is 5.70 Å². The van der Waals surface area contributed by atoms with E-state index in [-0.39, 0.29) is 24.0 Å². The number of carbonyl (C=O) groups is 1. The Morgan fingerprint density at radius 2 is 1.82 bits per heavy atom. The summed E-state index contributed by atoms with van der Waals surface area (Å²) in [5, 5.41) is 3.30. The lowest BCUT2D eigenvalue weighted by Crippen LogP contribution is -3.09. The maximum Gasteiger partial charge on any atom is 0.220 e. The van der Waals surface area contributed by atoms with Gasteiger partial charge in [-0.25, -0.2) is 0 Å². The van der Waals surface area contributed by atoms with E-state index in [1.54, 1.807) is 10.6 Å². The Hall–Kier alpha value is -0.100. The Morgan fingerprint density at radius 1 is 1.00 bits per heavy atom. The molecular formula is C36H63IN2O. The van der Waals surface area contributed by atoms with E-state index in [9.17, 15) is 4.79 Å². The fourth-order valence-corrected chi connectivity index (χ4v) is 11.3. The first kappa shape index (κ1) is 32.8. The standard InChI is InChI=1S/C36H62N2O.HI/c1-5-6-7-8-13-29-14-11-25-38(29)26-24-37-34(39)20-15-27(2)31-18-19-32-30-17-16-28-12-9-10-22-35(28,3)33(30)21-23-36(31,32)4;/h13,27-28,30-33H,5-12,14-26H2,1-4H3,(H,37,39);1H/t27-,28?,30+,31-,32+,33+,35+,36-;/m1./s1. The lowest BCUT2D eigenvalue weighted by molar-refractivity contribution is -0.849. The van der Waals surface area contributed by atoms with Crippen molar-refractivity contribution in [2.45, 2.75) is 143 Å². The molecule has 1 amide bonds. The molecule has 0 aromatic rings. The van der Waals surface area contributed by atoms with Gasteiger partial charge in [-0.15, -0.1) is 0 Å². The van der Waals surface area contributed by atoms with Crippen molar-refractivity contribution in [2.24, 2.45) is 46.3 Å². The first-order chi connectivity index (χ1) is 18.9. The summed E-state index contributed by atoms with van der Waals surface area (Å²) in [4.78, 5) is 14.5. The summed E-state index contributed by atoms with van der Waals surface area (Å²) in [5.74, 6) is 5.74. The van der Waals surface area contributed by atoms with Crippen LogP contribution in [0.15, 0.2) is 11.8 Å². The van der Waals surface area contributed by atoms with Crippen LogP contribution in [0, 0.1) is 46.3 Å². The zero-order valence-corrected chi connectivity index (χ0v) is 28.8. The number of rotatable bonds is 11. The fraction of sp³-hybridized carbons (Fsp3) is 0.917. The SMILES string of the molecule is CCCCCC=C1CCC[NH+]1CCNC(=O)CC[C@@H](C)[C@H]1CC[C@H]2[C@@H]3CCC4CCCC[C@]4(C)[C@H]3CC[C@]12C.[I-]. The minimum atomic E-state index is 0. The van der Waals surface area contributed by atoms with Crippen molar-refractivity contribution in [3.05, 3.63) is 11.8 Å². The molecule has 3 nitrogen and oxygen atoms in total. The molecule has 5 aliphatic rings. The zero-order valence-electron chi connectivity index (χ0n) is 26.7. The van der Waals surface area contributed by atoms with Crippen LogP contribution in [0.3, 0.4) is 0 Å². The summed E-state index contributed by atoms with van der Waals surface area (Å²) in [5.41, 5.74) is 2.78. The number of allylic oxidation sites excluding steroid dienone is 2. The molecule has 2 unspecified atom stereocenters. The van der Waals surface area contributed by atoms with Crippen LogP contribution in [0.1, 0.15) is 143 Å². The van der Waals surface area contributed by atoms with E-state index in [0.717, 1.165) is 55.5 Å². The van der Waals surface area contributed by atoms with Crippen molar-refractivity contribution < 1.29 is 33.7 Å². The molecule has 0 aromatic carbocycles. The zero-order chi connectivity index (χ0) is 27.5. The highest BCUT2D eigenvalue weighted by Crippen LogP contribution is 2.68. The highest BCUT2D eigenvalue weighted by Gasteiger charge is 2.60. The van der Waals surface area contributed by atoms with Gasteiger partial charge in [0.2, 0.25) is 5.91 Å². The smallest absolute Gasteiger partial charge is 0.220 e. The Bertz CT molecular complexity index is 858. The normalized spacial score (nSPS) is 40.5. The van der Waals surface area contributed by atoms with Crippen LogP contribution in [-0.2, 0) is 4.79 Å². The van der Waals surface area contributed by atoms with E-state index in [4.69, 9.17) is 0 Å². The number of halogens is 1. The van der Waals surface area contributed by atoms with Gasteiger partial charge in [0.25, 0.3) is 0 Å². The molecule has 1 saturated heterocycles. The molecule has 0 radical (unpaired) electrons. The molecular weight excluding hydrogens is 603 g/mol. The summed E-state index contributed by atoms with van der Waals surface area (Å²) in [6, 6.07) is 0. The molecule has 4 aliphatic carbocycles. The lowest BCUT2D eigenvalue weighted by Gasteiger charge is -2.61. The Balaban J connectivity index is 0.00000370. The molecule has 1 aliphatic heterocycles. The molecule has 5 fully saturated rings. The Kier molecular flexibility index (Phi) is 12.0. The van der Waals surface area contributed by atoms with Crippen LogP contribution < -0.4 is 34.2 Å². The van der Waals surface area contributed by atoms with Crippen LogP contribution in [0.4, 0.5) is 0 Å². The minimum absolute atomic E-state index is 0. The molecule has 0 spiro atoms. The van der Waals surface area contributed by atoms with E-state index in [1.165, 1.54) is 109 Å². The van der Waals surface area contributed by atoms with Gasteiger partial charge in [-0.3, -0.25) is 4.79 Å². The monoisotopic (exact) mass is 666 g/mol. The minimum Gasteiger partial charge on any atom is -1.00 e. The summed E-state index contributed by atoms with van der Waals surface area (Å²) >= 11 is 0. The van der Waals surface area contributed by atoms with E-state index in [1.807, 2.05) is 0 Å². The Labute approximate surface area is 264 Å². The quantitative estimate of drug-likeness (QED) is 0.243.